The van der Waals surface area contributed by atoms with Crippen molar-refractivity contribution in [3.8, 4) is 17.6 Å². The summed E-state index contributed by atoms with van der Waals surface area (Å²) < 4.78 is 23.2. The van der Waals surface area contributed by atoms with E-state index in [0.29, 0.717) is 38.2 Å². The molecule has 1 N–H and O–H groups in total. The molecule has 2 heterocycles. The highest BCUT2D eigenvalue weighted by atomic mass is 16.7. The van der Waals surface area contributed by atoms with Gasteiger partial charge in [-0.15, -0.1) is 0 Å². The standard InChI is InChI=1S/C19H19NO5/c1-22-15-8-12-11(6-14(15)21)7-16-17-13(9-23-16)19(24-4-5-25-19)3-2-18(12,17)10-20/h6,8-9,16-17,21H,2-5,7H2,1H3/t16-,17-,18-/m1/s1. The number of phenols is 1. The van der Waals surface area contributed by atoms with Crippen molar-refractivity contribution < 1.29 is 24.1 Å². The number of hydrogen-bond acceptors (Lipinski definition) is 6. The molecule has 6 nitrogen and oxygen atoms in total. The van der Waals surface area contributed by atoms with Crippen LogP contribution in [0.25, 0.3) is 0 Å². The monoisotopic (exact) mass is 341 g/mol. The molecule has 5 rings (SSSR count). The molecule has 4 aliphatic rings. The fourth-order valence-electron chi connectivity index (χ4n) is 5.08. The molecule has 0 aromatic heterocycles. The smallest absolute Gasteiger partial charge is 0.194 e. The minimum Gasteiger partial charge on any atom is -0.504 e. The number of hydrogen-bond donors (Lipinski definition) is 1. The third-order valence-electron chi connectivity index (χ3n) is 6.16. The van der Waals surface area contributed by atoms with E-state index in [9.17, 15) is 10.4 Å². The number of ether oxygens (including phenoxy) is 4. The van der Waals surface area contributed by atoms with Gasteiger partial charge in [0.05, 0.1) is 38.1 Å². The molecule has 0 amide bonds. The molecule has 1 aromatic rings. The number of fused-ring (bicyclic) bond motifs is 3. The fraction of sp³-hybridized carbons (Fsp3) is 0.526. The van der Waals surface area contributed by atoms with Crippen LogP contribution in [0.1, 0.15) is 24.0 Å². The number of aromatic hydroxyl groups is 1. The zero-order valence-corrected chi connectivity index (χ0v) is 13.9. The van der Waals surface area contributed by atoms with Crippen molar-refractivity contribution in [2.45, 2.75) is 36.6 Å². The molecule has 1 saturated carbocycles. The summed E-state index contributed by atoms with van der Waals surface area (Å²) in [7, 11) is 1.52. The van der Waals surface area contributed by atoms with E-state index in [-0.39, 0.29) is 17.8 Å². The highest BCUT2D eigenvalue weighted by Crippen LogP contribution is 2.60. The zero-order chi connectivity index (χ0) is 17.2. The molecular formula is C19H19NO5. The van der Waals surface area contributed by atoms with E-state index in [4.69, 9.17) is 18.9 Å². The number of benzene rings is 1. The topological polar surface area (TPSA) is 80.9 Å². The van der Waals surface area contributed by atoms with Crippen LogP contribution in [0.15, 0.2) is 24.0 Å². The first-order valence-corrected chi connectivity index (χ1v) is 8.59. The first-order valence-electron chi connectivity index (χ1n) is 8.59. The number of methoxy groups -OCH3 is 1. The maximum absolute atomic E-state index is 10.2. The molecule has 1 spiro atoms. The van der Waals surface area contributed by atoms with Crippen LogP contribution in [-0.4, -0.2) is 37.3 Å². The first kappa shape index (κ1) is 15.1. The second-order valence-electron chi connectivity index (χ2n) is 7.14. The van der Waals surface area contributed by atoms with Gasteiger partial charge in [-0.1, -0.05) is 0 Å². The van der Waals surface area contributed by atoms with Gasteiger partial charge in [-0.05, 0) is 29.7 Å². The van der Waals surface area contributed by atoms with Crippen molar-refractivity contribution >= 4 is 0 Å². The third-order valence-corrected chi connectivity index (χ3v) is 6.16. The summed E-state index contributed by atoms with van der Waals surface area (Å²) in [4.78, 5) is 0. The molecule has 2 aliphatic heterocycles. The quantitative estimate of drug-likeness (QED) is 0.843. The highest BCUT2D eigenvalue weighted by Gasteiger charge is 2.63. The van der Waals surface area contributed by atoms with Gasteiger partial charge in [0.2, 0.25) is 0 Å². The van der Waals surface area contributed by atoms with Crippen LogP contribution < -0.4 is 4.74 Å². The average molecular weight is 341 g/mol. The predicted octanol–water partition coefficient (Wildman–Crippen LogP) is 2.15. The van der Waals surface area contributed by atoms with Gasteiger partial charge < -0.3 is 24.1 Å². The Balaban J connectivity index is 1.69. The van der Waals surface area contributed by atoms with Crippen molar-refractivity contribution in [3.05, 3.63) is 35.1 Å². The molecule has 25 heavy (non-hydrogen) atoms. The summed E-state index contributed by atoms with van der Waals surface area (Å²) in [5.74, 6) is -0.358. The Bertz CT molecular complexity index is 820. The van der Waals surface area contributed by atoms with Crippen molar-refractivity contribution in [2.75, 3.05) is 20.3 Å². The van der Waals surface area contributed by atoms with Crippen LogP contribution in [0.5, 0.6) is 11.5 Å². The molecule has 1 aromatic carbocycles. The SMILES string of the molecule is COc1cc2c(cc1O)C[C@H]1OC=C3[C@H]1[C@@]2(C#N)CCC31OCCO1. The van der Waals surface area contributed by atoms with Crippen LogP contribution in [-0.2, 0) is 26.0 Å². The van der Waals surface area contributed by atoms with Crippen LogP contribution in [0.4, 0.5) is 0 Å². The predicted molar refractivity (Wildman–Crippen MR) is 86.0 cm³/mol. The fourth-order valence-corrected chi connectivity index (χ4v) is 5.08. The molecule has 3 atom stereocenters. The normalized spacial score (nSPS) is 33.8. The molecule has 1 saturated heterocycles. The number of nitriles is 1. The van der Waals surface area contributed by atoms with Gasteiger partial charge in [-0.2, -0.15) is 5.26 Å². The van der Waals surface area contributed by atoms with Gasteiger partial charge in [-0.3, -0.25) is 0 Å². The lowest BCUT2D eigenvalue weighted by Crippen LogP contribution is -2.54. The van der Waals surface area contributed by atoms with Gasteiger partial charge in [0, 0.05) is 24.3 Å². The molecule has 2 fully saturated rings. The summed E-state index contributed by atoms with van der Waals surface area (Å²) >= 11 is 0. The Hall–Kier alpha value is -2.23. The van der Waals surface area contributed by atoms with Crippen LogP contribution >= 0.6 is 0 Å². The zero-order valence-electron chi connectivity index (χ0n) is 13.9. The van der Waals surface area contributed by atoms with E-state index < -0.39 is 11.2 Å². The molecular weight excluding hydrogens is 322 g/mol. The van der Waals surface area contributed by atoms with E-state index in [2.05, 4.69) is 6.07 Å². The van der Waals surface area contributed by atoms with Crippen molar-refractivity contribution in [1.82, 2.24) is 0 Å². The van der Waals surface area contributed by atoms with E-state index >= 15 is 0 Å². The van der Waals surface area contributed by atoms with Gasteiger partial charge >= 0.3 is 0 Å². The number of nitrogens with zero attached hydrogens (tertiary/aromatic N) is 1. The molecule has 0 radical (unpaired) electrons. The van der Waals surface area contributed by atoms with Crippen molar-refractivity contribution in [1.29, 1.82) is 5.26 Å². The van der Waals surface area contributed by atoms with E-state index in [1.165, 1.54) is 7.11 Å². The first-order chi connectivity index (χ1) is 12.1. The second kappa shape index (κ2) is 4.90. The van der Waals surface area contributed by atoms with Crippen LogP contribution in [0, 0.1) is 17.2 Å². The molecule has 0 unspecified atom stereocenters. The summed E-state index contributed by atoms with van der Waals surface area (Å²) in [5.41, 5.74) is 2.10. The van der Waals surface area contributed by atoms with Gasteiger partial charge in [-0.25, -0.2) is 0 Å². The van der Waals surface area contributed by atoms with Gasteiger partial charge in [0.15, 0.2) is 17.3 Å². The lowest BCUT2D eigenvalue weighted by Gasteiger charge is -2.49. The minimum atomic E-state index is -0.738. The molecule has 6 heteroatoms. The highest BCUT2D eigenvalue weighted by molar-refractivity contribution is 5.56. The maximum atomic E-state index is 10.2. The summed E-state index contributed by atoms with van der Waals surface area (Å²) in [6, 6.07) is 6.10. The summed E-state index contributed by atoms with van der Waals surface area (Å²) in [5, 5.41) is 20.4. The Morgan fingerprint density at radius 1 is 1.28 bits per heavy atom. The Labute approximate surface area is 145 Å². The van der Waals surface area contributed by atoms with Crippen molar-refractivity contribution in [3.63, 3.8) is 0 Å². The third kappa shape index (κ3) is 1.75. The summed E-state index contributed by atoms with van der Waals surface area (Å²) in [6.45, 7) is 1.12. The molecule has 130 valence electrons. The maximum Gasteiger partial charge on any atom is 0.194 e. The van der Waals surface area contributed by atoms with Crippen LogP contribution in [0.2, 0.25) is 0 Å². The van der Waals surface area contributed by atoms with Crippen molar-refractivity contribution in [2.24, 2.45) is 5.92 Å². The summed E-state index contributed by atoms with van der Waals surface area (Å²) in [6.07, 6.45) is 3.47. The van der Waals surface area contributed by atoms with E-state index in [0.717, 1.165) is 16.7 Å². The van der Waals surface area contributed by atoms with Gasteiger partial charge in [0.1, 0.15) is 6.10 Å². The minimum absolute atomic E-state index is 0.0914. The molecule has 2 aliphatic carbocycles. The Morgan fingerprint density at radius 2 is 2.08 bits per heavy atom. The largest absolute Gasteiger partial charge is 0.504 e. The average Bonchev–Trinajstić information content (AvgIpc) is 3.26. The number of rotatable bonds is 1. The van der Waals surface area contributed by atoms with Crippen LogP contribution in [0.3, 0.4) is 0 Å². The number of phenolic OH excluding ortho intramolecular Hbond substituents is 1. The molecule has 0 bridgehead atoms. The lowest BCUT2D eigenvalue weighted by atomic mass is 9.54. The Morgan fingerprint density at radius 3 is 2.80 bits per heavy atom. The Kier molecular flexibility index (Phi) is 2.95. The van der Waals surface area contributed by atoms with Gasteiger partial charge in [0.25, 0.3) is 0 Å². The van der Waals surface area contributed by atoms with E-state index in [1.807, 2.05) is 6.07 Å². The lowest BCUT2D eigenvalue weighted by molar-refractivity contribution is -0.154. The van der Waals surface area contributed by atoms with E-state index in [1.54, 1.807) is 12.3 Å². The second-order valence-corrected chi connectivity index (χ2v) is 7.14.